The molecule has 2 amide bonds. The van der Waals surface area contributed by atoms with Crippen LogP contribution in [0, 0.1) is 0 Å². The standard InChI is InChI=1S/C22H25BrN4O4S/c1-16(28)27-8-5-17-14-18(23)20(15-19(17)27)32(30,31)13-6-22(29)26-11-9-25(10-12-26)21-4-2-3-7-24-21/h2-4,7,14-15H,5-6,8-13H2,1H3. The highest BCUT2D eigenvalue weighted by atomic mass is 79.9. The van der Waals surface area contributed by atoms with Crippen LogP contribution in [0.4, 0.5) is 11.5 Å². The van der Waals surface area contributed by atoms with E-state index < -0.39 is 9.84 Å². The lowest BCUT2D eigenvalue weighted by Gasteiger charge is -2.35. The lowest BCUT2D eigenvalue weighted by atomic mass is 10.2. The van der Waals surface area contributed by atoms with E-state index in [0.717, 1.165) is 11.4 Å². The van der Waals surface area contributed by atoms with Crippen LogP contribution in [0.2, 0.25) is 0 Å². The summed E-state index contributed by atoms with van der Waals surface area (Å²) in [7, 11) is -3.70. The Balaban J connectivity index is 1.39. The number of anilines is 2. The number of fused-ring (bicyclic) bond motifs is 1. The zero-order valence-electron chi connectivity index (χ0n) is 17.8. The smallest absolute Gasteiger partial charge is 0.223 e. The van der Waals surface area contributed by atoms with Crippen LogP contribution in [0.15, 0.2) is 45.9 Å². The number of nitrogens with zero attached hydrogens (tertiary/aromatic N) is 4. The monoisotopic (exact) mass is 520 g/mol. The fraction of sp³-hybridized carbons (Fsp3) is 0.409. The number of carbonyl (C=O) groups excluding carboxylic acids is 2. The minimum absolute atomic E-state index is 0.0775. The molecule has 1 aromatic heterocycles. The van der Waals surface area contributed by atoms with Gasteiger partial charge in [0.15, 0.2) is 9.84 Å². The molecule has 170 valence electrons. The molecule has 4 rings (SSSR count). The number of benzene rings is 1. The van der Waals surface area contributed by atoms with Crippen LogP contribution in [0.25, 0.3) is 0 Å². The van der Waals surface area contributed by atoms with Crippen molar-refractivity contribution in [3.8, 4) is 0 Å². The van der Waals surface area contributed by atoms with Gasteiger partial charge in [0.05, 0.1) is 10.6 Å². The highest BCUT2D eigenvalue weighted by Crippen LogP contribution is 2.36. The van der Waals surface area contributed by atoms with Crippen molar-refractivity contribution in [3.05, 3.63) is 46.6 Å². The van der Waals surface area contributed by atoms with Gasteiger partial charge in [-0.2, -0.15) is 0 Å². The molecular weight excluding hydrogens is 496 g/mol. The summed E-state index contributed by atoms with van der Waals surface area (Å²) in [6, 6.07) is 9.05. The van der Waals surface area contributed by atoms with Crippen LogP contribution in [0.1, 0.15) is 18.9 Å². The fourth-order valence-electron chi connectivity index (χ4n) is 4.17. The number of pyridine rings is 1. The molecule has 8 nitrogen and oxygen atoms in total. The van der Waals surface area contributed by atoms with Crippen molar-refractivity contribution in [2.45, 2.75) is 24.7 Å². The first-order valence-corrected chi connectivity index (χ1v) is 13.0. The Kier molecular flexibility index (Phi) is 6.52. The van der Waals surface area contributed by atoms with Crippen LogP contribution < -0.4 is 9.80 Å². The maximum absolute atomic E-state index is 13.0. The van der Waals surface area contributed by atoms with Gasteiger partial charge < -0.3 is 14.7 Å². The second kappa shape index (κ2) is 9.19. The van der Waals surface area contributed by atoms with E-state index in [1.54, 1.807) is 28.1 Å². The summed E-state index contributed by atoms with van der Waals surface area (Å²) in [6.45, 7) is 4.40. The van der Waals surface area contributed by atoms with E-state index in [0.29, 0.717) is 49.3 Å². The number of sulfone groups is 1. The topological polar surface area (TPSA) is 90.9 Å². The first kappa shape index (κ1) is 22.7. The van der Waals surface area contributed by atoms with E-state index in [1.165, 1.54) is 6.92 Å². The number of carbonyl (C=O) groups is 2. The lowest BCUT2D eigenvalue weighted by Crippen LogP contribution is -2.49. The van der Waals surface area contributed by atoms with Gasteiger partial charge in [0.1, 0.15) is 5.82 Å². The van der Waals surface area contributed by atoms with Crippen molar-refractivity contribution in [3.63, 3.8) is 0 Å². The Bertz CT molecular complexity index is 1130. The molecule has 0 radical (unpaired) electrons. The van der Waals surface area contributed by atoms with Gasteiger partial charge in [-0.1, -0.05) is 6.07 Å². The van der Waals surface area contributed by atoms with Crippen molar-refractivity contribution in [2.75, 3.05) is 48.3 Å². The van der Waals surface area contributed by atoms with Crippen molar-refractivity contribution < 1.29 is 18.0 Å². The van der Waals surface area contributed by atoms with E-state index >= 15 is 0 Å². The SMILES string of the molecule is CC(=O)N1CCc2cc(Br)c(S(=O)(=O)CCC(=O)N3CCN(c4ccccn4)CC3)cc21. The number of amides is 2. The number of halogens is 1. The third-order valence-corrected chi connectivity index (χ3v) is 8.60. The molecule has 1 fully saturated rings. The number of piperazine rings is 1. The third kappa shape index (κ3) is 4.66. The second-order valence-corrected chi connectivity index (χ2v) is 10.9. The predicted octanol–water partition coefficient (Wildman–Crippen LogP) is 2.27. The summed E-state index contributed by atoms with van der Waals surface area (Å²) >= 11 is 3.37. The van der Waals surface area contributed by atoms with Crippen molar-refractivity contribution in [1.82, 2.24) is 9.88 Å². The minimum atomic E-state index is -3.70. The zero-order valence-corrected chi connectivity index (χ0v) is 20.2. The van der Waals surface area contributed by atoms with Gasteiger partial charge in [-0.15, -0.1) is 0 Å². The molecule has 0 atom stereocenters. The van der Waals surface area contributed by atoms with Crippen LogP contribution >= 0.6 is 15.9 Å². The first-order chi connectivity index (χ1) is 15.3. The molecule has 1 aromatic carbocycles. The molecule has 2 aliphatic rings. The molecule has 0 N–H and O–H groups in total. The van der Waals surface area contributed by atoms with Gasteiger partial charge in [0.25, 0.3) is 0 Å². The van der Waals surface area contributed by atoms with E-state index in [9.17, 15) is 18.0 Å². The highest BCUT2D eigenvalue weighted by Gasteiger charge is 2.29. The fourth-order valence-corrected chi connectivity index (χ4v) is 6.61. The average molecular weight is 521 g/mol. The average Bonchev–Trinajstić information content (AvgIpc) is 3.20. The second-order valence-electron chi connectivity index (χ2n) is 7.96. The molecule has 2 aliphatic heterocycles. The lowest BCUT2D eigenvalue weighted by molar-refractivity contribution is -0.131. The molecule has 2 aromatic rings. The van der Waals surface area contributed by atoms with Gasteiger partial charge in [-0.25, -0.2) is 13.4 Å². The molecule has 0 aliphatic carbocycles. The quantitative estimate of drug-likeness (QED) is 0.600. The zero-order chi connectivity index (χ0) is 22.9. The van der Waals surface area contributed by atoms with E-state index in [2.05, 4.69) is 25.8 Å². The molecule has 0 saturated carbocycles. The Hall–Kier alpha value is -2.46. The Labute approximate surface area is 196 Å². The molecule has 0 spiro atoms. The summed E-state index contributed by atoms with van der Waals surface area (Å²) in [5.41, 5.74) is 1.57. The summed E-state index contributed by atoms with van der Waals surface area (Å²) < 4.78 is 26.5. The number of hydrogen-bond donors (Lipinski definition) is 0. The van der Waals surface area contributed by atoms with E-state index in [-0.39, 0.29) is 28.9 Å². The van der Waals surface area contributed by atoms with Gasteiger partial charge in [0.2, 0.25) is 11.8 Å². The largest absolute Gasteiger partial charge is 0.353 e. The number of aromatic nitrogens is 1. The summed E-state index contributed by atoms with van der Waals surface area (Å²) in [5, 5.41) is 0. The van der Waals surface area contributed by atoms with Gasteiger partial charge in [-0.3, -0.25) is 9.59 Å². The minimum Gasteiger partial charge on any atom is -0.353 e. The van der Waals surface area contributed by atoms with Crippen LogP contribution in [0.3, 0.4) is 0 Å². The highest BCUT2D eigenvalue weighted by molar-refractivity contribution is 9.10. The maximum Gasteiger partial charge on any atom is 0.223 e. The molecule has 1 saturated heterocycles. The van der Waals surface area contributed by atoms with Crippen LogP contribution in [-0.2, 0) is 25.8 Å². The normalized spacial score (nSPS) is 16.2. The van der Waals surface area contributed by atoms with Crippen LogP contribution in [0.5, 0.6) is 0 Å². The van der Waals surface area contributed by atoms with E-state index in [1.807, 2.05) is 18.2 Å². The van der Waals surface area contributed by atoms with Gasteiger partial charge in [-0.05, 0) is 52.2 Å². The summed E-state index contributed by atoms with van der Waals surface area (Å²) in [5.74, 6) is 0.318. The molecular formula is C22H25BrN4O4S. The van der Waals surface area contributed by atoms with Crippen molar-refractivity contribution in [2.24, 2.45) is 0 Å². The predicted molar refractivity (Wildman–Crippen MR) is 126 cm³/mol. The molecule has 32 heavy (non-hydrogen) atoms. The number of rotatable bonds is 5. The third-order valence-electron chi connectivity index (χ3n) is 5.93. The molecule has 0 unspecified atom stereocenters. The first-order valence-electron chi connectivity index (χ1n) is 10.5. The van der Waals surface area contributed by atoms with Crippen molar-refractivity contribution in [1.29, 1.82) is 0 Å². The Morgan fingerprint density at radius 1 is 1.09 bits per heavy atom. The van der Waals surface area contributed by atoms with E-state index in [4.69, 9.17) is 0 Å². The van der Waals surface area contributed by atoms with Gasteiger partial charge >= 0.3 is 0 Å². The molecule has 10 heteroatoms. The van der Waals surface area contributed by atoms with Gasteiger partial charge in [0, 0.05) is 62.4 Å². The Morgan fingerprint density at radius 3 is 2.50 bits per heavy atom. The van der Waals surface area contributed by atoms with Crippen LogP contribution in [-0.4, -0.2) is 68.6 Å². The van der Waals surface area contributed by atoms with Crippen molar-refractivity contribution >= 4 is 49.1 Å². The number of hydrogen-bond acceptors (Lipinski definition) is 6. The Morgan fingerprint density at radius 2 is 1.84 bits per heavy atom. The summed E-state index contributed by atoms with van der Waals surface area (Å²) in [6.07, 6.45) is 2.35. The molecule has 0 bridgehead atoms. The molecule has 3 heterocycles. The maximum atomic E-state index is 13.0. The summed E-state index contributed by atoms with van der Waals surface area (Å²) in [4.78, 5) is 34.4.